The Morgan fingerprint density at radius 2 is 1.76 bits per heavy atom. The minimum atomic E-state index is 0.0509. The average Bonchev–Trinajstić information content (AvgIpc) is 2.90. The Hall–Kier alpha value is -2.23. The lowest BCUT2D eigenvalue weighted by Gasteiger charge is -2.03. The quantitative estimate of drug-likeness (QED) is 0.785. The molecule has 3 rings (SSSR count). The summed E-state index contributed by atoms with van der Waals surface area (Å²) in [5.41, 5.74) is 1.15. The van der Waals surface area contributed by atoms with Gasteiger partial charge >= 0.3 is 0 Å². The maximum absolute atomic E-state index is 5.53. The number of rotatable bonds is 2. The Balaban J connectivity index is 1.87. The zero-order chi connectivity index (χ0) is 11.5. The van der Waals surface area contributed by atoms with Crippen LogP contribution in [0.4, 0.5) is 0 Å². The maximum Gasteiger partial charge on any atom is 0.255 e. The van der Waals surface area contributed by atoms with E-state index in [9.17, 15) is 0 Å². The molecule has 0 bridgehead atoms. The molecule has 1 aliphatic rings. The van der Waals surface area contributed by atoms with Gasteiger partial charge in [-0.15, -0.1) is 0 Å². The summed E-state index contributed by atoms with van der Waals surface area (Å²) in [6.07, 6.45) is 3.37. The Bertz CT molecular complexity index is 525. The van der Waals surface area contributed by atoms with E-state index in [-0.39, 0.29) is 6.04 Å². The van der Waals surface area contributed by atoms with Crippen molar-refractivity contribution in [1.82, 2.24) is 9.97 Å². The van der Waals surface area contributed by atoms with E-state index in [1.54, 1.807) is 18.5 Å². The Morgan fingerprint density at radius 3 is 2.53 bits per heavy atom. The molecule has 0 amide bonds. The fourth-order valence-corrected chi connectivity index (χ4v) is 1.75. The third-order valence-corrected chi connectivity index (χ3v) is 2.59. The lowest BCUT2D eigenvalue weighted by Crippen LogP contribution is -2.05. The maximum atomic E-state index is 5.53. The molecule has 1 aromatic carbocycles. The molecule has 0 unspecified atom stereocenters. The van der Waals surface area contributed by atoms with Crippen LogP contribution in [-0.4, -0.2) is 22.5 Å². The molecule has 0 saturated heterocycles. The molecule has 0 fully saturated rings. The molecule has 0 radical (unpaired) electrons. The van der Waals surface area contributed by atoms with Crippen LogP contribution in [0.5, 0.6) is 0 Å². The molecule has 1 aromatic heterocycles. The number of aromatic nitrogens is 2. The van der Waals surface area contributed by atoms with E-state index in [1.165, 1.54) is 0 Å². The van der Waals surface area contributed by atoms with Gasteiger partial charge in [0.05, 0.1) is 0 Å². The van der Waals surface area contributed by atoms with Crippen molar-refractivity contribution in [3.63, 3.8) is 0 Å². The lowest BCUT2D eigenvalue weighted by atomic mass is 10.1. The molecule has 4 nitrogen and oxygen atoms in total. The summed E-state index contributed by atoms with van der Waals surface area (Å²) in [4.78, 5) is 12.7. The standard InChI is InChI=1S/C13H11N3O/c1-2-5-10(6-3-1)11-9-17-13(16-11)12-14-7-4-8-15-12/h1-8,11H,9H2/t11-/m0/s1. The molecule has 2 aromatic rings. The fourth-order valence-electron chi connectivity index (χ4n) is 1.75. The summed E-state index contributed by atoms with van der Waals surface area (Å²) in [6.45, 7) is 0.553. The van der Waals surface area contributed by atoms with Crippen molar-refractivity contribution in [1.29, 1.82) is 0 Å². The van der Waals surface area contributed by atoms with Gasteiger partial charge in [-0.25, -0.2) is 15.0 Å². The number of hydrogen-bond acceptors (Lipinski definition) is 4. The van der Waals surface area contributed by atoms with Crippen LogP contribution < -0.4 is 0 Å². The summed E-state index contributed by atoms with van der Waals surface area (Å²) in [5.74, 6) is 1.07. The summed E-state index contributed by atoms with van der Waals surface area (Å²) < 4.78 is 5.53. The van der Waals surface area contributed by atoms with E-state index in [4.69, 9.17) is 4.74 Å². The number of ether oxygens (including phenoxy) is 1. The molecule has 84 valence electrons. The molecule has 4 heteroatoms. The predicted octanol–water partition coefficient (Wildman–Crippen LogP) is 1.99. The first-order valence-corrected chi connectivity index (χ1v) is 5.46. The van der Waals surface area contributed by atoms with Gasteiger partial charge in [0.15, 0.2) is 0 Å². The van der Waals surface area contributed by atoms with Crippen molar-refractivity contribution in [2.75, 3.05) is 6.61 Å². The van der Waals surface area contributed by atoms with Gasteiger partial charge < -0.3 is 4.74 Å². The molecule has 1 atom stereocenters. The number of nitrogens with zero attached hydrogens (tertiary/aromatic N) is 3. The van der Waals surface area contributed by atoms with Gasteiger partial charge in [0.1, 0.15) is 12.6 Å². The first kappa shape index (κ1) is 9.96. The van der Waals surface area contributed by atoms with Gasteiger partial charge in [-0.3, -0.25) is 0 Å². The molecule has 0 spiro atoms. The monoisotopic (exact) mass is 225 g/mol. The lowest BCUT2D eigenvalue weighted by molar-refractivity contribution is 0.318. The molecule has 2 heterocycles. The zero-order valence-electron chi connectivity index (χ0n) is 9.15. The third kappa shape index (κ3) is 2.01. The van der Waals surface area contributed by atoms with Crippen LogP contribution in [0.25, 0.3) is 0 Å². The molecule has 0 saturated carbocycles. The Kier molecular flexibility index (Phi) is 2.54. The van der Waals surface area contributed by atoms with Crippen LogP contribution in [0.3, 0.4) is 0 Å². The smallest absolute Gasteiger partial charge is 0.255 e. The van der Waals surface area contributed by atoms with Gasteiger partial charge in [0.2, 0.25) is 5.82 Å². The van der Waals surface area contributed by atoms with Crippen LogP contribution in [0, 0.1) is 0 Å². The molecular weight excluding hydrogens is 214 g/mol. The zero-order valence-corrected chi connectivity index (χ0v) is 9.15. The van der Waals surface area contributed by atoms with E-state index in [1.807, 2.05) is 30.3 Å². The van der Waals surface area contributed by atoms with Crippen molar-refractivity contribution in [2.24, 2.45) is 4.99 Å². The number of hydrogen-bond donors (Lipinski definition) is 0. The normalized spacial score (nSPS) is 18.6. The van der Waals surface area contributed by atoms with Gasteiger partial charge in [-0.2, -0.15) is 0 Å². The topological polar surface area (TPSA) is 47.4 Å². The van der Waals surface area contributed by atoms with Gasteiger partial charge in [-0.05, 0) is 11.6 Å². The minimum Gasteiger partial charge on any atom is -0.473 e. The summed E-state index contributed by atoms with van der Waals surface area (Å²) in [7, 11) is 0. The summed E-state index contributed by atoms with van der Waals surface area (Å²) >= 11 is 0. The number of aliphatic imine (C=N–C) groups is 1. The highest BCUT2D eigenvalue weighted by Crippen LogP contribution is 2.23. The summed E-state index contributed by atoms with van der Waals surface area (Å²) in [6, 6.07) is 11.9. The number of benzene rings is 1. The van der Waals surface area contributed by atoms with Crippen LogP contribution in [0.1, 0.15) is 17.4 Å². The minimum absolute atomic E-state index is 0.0509. The van der Waals surface area contributed by atoms with Crippen LogP contribution in [0.15, 0.2) is 53.8 Å². The molecule has 1 aliphatic heterocycles. The van der Waals surface area contributed by atoms with Crippen LogP contribution in [0.2, 0.25) is 0 Å². The van der Waals surface area contributed by atoms with Crippen molar-refractivity contribution in [3.8, 4) is 0 Å². The average molecular weight is 225 g/mol. The Labute approximate surface area is 99.0 Å². The molecular formula is C13H11N3O. The highest BCUT2D eigenvalue weighted by molar-refractivity contribution is 5.91. The second kappa shape index (κ2) is 4.33. The summed E-state index contributed by atoms with van der Waals surface area (Å²) in [5, 5.41) is 0. The van der Waals surface area contributed by atoms with Crippen molar-refractivity contribution >= 4 is 5.90 Å². The molecule has 0 aliphatic carbocycles. The first-order valence-electron chi connectivity index (χ1n) is 5.46. The van der Waals surface area contributed by atoms with Gasteiger partial charge in [0.25, 0.3) is 5.90 Å². The first-order chi connectivity index (χ1) is 8.43. The third-order valence-electron chi connectivity index (χ3n) is 2.59. The van der Waals surface area contributed by atoms with E-state index in [0.29, 0.717) is 18.3 Å². The van der Waals surface area contributed by atoms with Crippen molar-refractivity contribution in [3.05, 3.63) is 60.2 Å². The van der Waals surface area contributed by atoms with Gasteiger partial charge in [0, 0.05) is 12.4 Å². The van der Waals surface area contributed by atoms with E-state index >= 15 is 0 Å². The van der Waals surface area contributed by atoms with Crippen molar-refractivity contribution < 1.29 is 4.74 Å². The van der Waals surface area contributed by atoms with E-state index in [0.717, 1.165) is 5.56 Å². The molecule has 0 N–H and O–H groups in total. The second-order valence-corrected chi connectivity index (χ2v) is 3.74. The van der Waals surface area contributed by atoms with Crippen molar-refractivity contribution in [2.45, 2.75) is 6.04 Å². The largest absolute Gasteiger partial charge is 0.473 e. The van der Waals surface area contributed by atoms with E-state index < -0.39 is 0 Å². The fraction of sp³-hybridized carbons (Fsp3) is 0.154. The van der Waals surface area contributed by atoms with Gasteiger partial charge in [-0.1, -0.05) is 30.3 Å². The van der Waals surface area contributed by atoms with Crippen LogP contribution >= 0.6 is 0 Å². The SMILES string of the molecule is c1ccc([C@@H]2COC(c3ncccn3)=N2)cc1. The highest BCUT2D eigenvalue weighted by Gasteiger charge is 2.22. The second-order valence-electron chi connectivity index (χ2n) is 3.74. The van der Waals surface area contributed by atoms with E-state index in [2.05, 4.69) is 15.0 Å². The predicted molar refractivity (Wildman–Crippen MR) is 63.7 cm³/mol. The highest BCUT2D eigenvalue weighted by atomic mass is 16.5. The molecule has 17 heavy (non-hydrogen) atoms. The Morgan fingerprint density at radius 1 is 1.00 bits per heavy atom. The van der Waals surface area contributed by atoms with Crippen LogP contribution in [-0.2, 0) is 4.74 Å².